The number of hydrogen-bond donors (Lipinski definition) is 0. The average molecular weight is 864 g/mol. The van der Waals surface area contributed by atoms with E-state index in [-0.39, 0.29) is 21.7 Å². The van der Waals surface area contributed by atoms with Crippen molar-refractivity contribution >= 4 is 27.8 Å². The van der Waals surface area contributed by atoms with E-state index < -0.39 is 0 Å². The molecular weight excluding hydrogens is 807 g/mol. The van der Waals surface area contributed by atoms with Gasteiger partial charge in [-0.2, -0.15) is 0 Å². The second-order valence-corrected chi connectivity index (χ2v) is 22.3. The molecule has 0 spiro atoms. The minimum absolute atomic E-state index is 0.0436. The lowest BCUT2D eigenvalue weighted by Gasteiger charge is -2.30. The van der Waals surface area contributed by atoms with Gasteiger partial charge in [0, 0.05) is 38.7 Å². The van der Waals surface area contributed by atoms with Gasteiger partial charge >= 0.3 is 0 Å². The maximum atomic E-state index is 2.57. The molecule has 0 fully saturated rings. The zero-order valence-electron chi connectivity index (χ0n) is 40.5. The number of anilines is 3. The first-order valence-electron chi connectivity index (χ1n) is 24.3. The van der Waals surface area contributed by atoms with E-state index >= 15 is 0 Å². The lowest BCUT2D eigenvalue weighted by molar-refractivity contribution is 0.652. The summed E-state index contributed by atoms with van der Waals surface area (Å²) in [7, 11) is 0. The summed E-state index contributed by atoms with van der Waals surface area (Å²) in [5.74, 6) is 0. The van der Waals surface area contributed by atoms with Crippen LogP contribution in [0.1, 0.15) is 111 Å². The molecule has 0 N–H and O–H groups in total. The third-order valence-electron chi connectivity index (χ3n) is 17.1. The molecule has 4 aliphatic carbocycles. The lowest BCUT2D eigenvalue weighted by atomic mass is 9.78. The van der Waals surface area contributed by atoms with Crippen LogP contribution in [-0.4, -0.2) is 0 Å². The van der Waals surface area contributed by atoms with E-state index in [1.165, 1.54) is 139 Å². The predicted octanol–water partition coefficient (Wildman–Crippen LogP) is 17.8. The summed E-state index contributed by atoms with van der Waals surface area (Å²) < 4.78 is 0. The van der Waals surface area contributed by atoms with Gasteiger partial charge in [0.05, 0.1) is 0 Å². The van der Waals surface area contributed by atoms with Gasteiger partial charge in [0.15, 0.2) is 0 Å². The quantitative estimate of drug-likeness (QED) is 0.170. The molecule has 67 heavy (non-hydrogen) atoms. The number of benzene rings is 9. The van der Waals surface area contributed by atoms with Gasteiger partial charge in [-0.25, -0.2) is 0 Å². The molecule has 1 nitrogen and oxygen atoms in total. The first-order chi connectivity index (χ1) is 32.1. The summed E-state index contributed by atoms with van der Waals surface area (Å²) in [5, 5.41) is 2.66. The predicted molar refractivity (Wildman–Crippen MR) is 284 cm³/mol. The van der Waals surface area contributed by atoms with Crippen LogP contribution in [-0.2, 0) is 21.7 Å². The Morgan fingerprint density at radius 3 is 1.27 bits per heavy atom. The first kappa shape index (κ1) is 40.3. The van der Waals surface area contributed by atoms with Crippen LogP contribution >= 0.6 is 0 Å². The fraction of sp³-hybridized carbons (Fsp3) is 0.212. The summed E-state index contributed by atoms with van der Waals surface area (Å²) in [5.41, 5.74) is 30.4. The number of rotatable bonds is 4. The maximum Gasteiger partial charge on any atom is 0.0465 e. The molecule has 0 unspecified atom stereocenters. The molecule has 9 aromatic carbocycles. The number of hydrogen-bond acceptors (Lipinski definition) is 1. The minimum atomic E-state index is -0.215. The first-order valence-corrected chi connectivity index (χ1v) is 24.3. The lowest BCUT2D eigenvalue weighted by Crippen LogP contribution is -2.18. The molecule has 0 aliphatic heterocycles. The van der Waals surface area contributed by atoms with E-state index in [9.17, 15) is 0 Å². The Bertz CT molecular complexity index is 3640. The number of aryl methyl sites for hydroxylation is 2. The highest BCUT2D eigenvalue weighted by Gasteiger charge is 2.44. The van der Waals surface area contributed by atoms with Crippen LogP contribution in [0, 0.1) is 13.8 Å². The fourth-order valence-electron chi connectivity index (χ4n) is 13.2. The van der Waals surface area contributed by atoms with E-state index in [1.807, 2.05) is 0 Å². The molecule has 326 valence electrons. The monoisotopic (exact) mass is 863 g/mol. The number of fused-ring (bicyclic) bond motifs is 14. The van der Waals surface area contributed by atoms with Crippen molar-refractivity contribution in [2.45, 2.75) is 90.9 Å². The molecule has 13 rings (SSSR count). The summed E-state index contributed by atoms with van der Waals surface area (Å²) in [6.07, 6.45) is 0. The Balaban J connectivity index is 0.935. The highest BCUT2D eigenvalue weighted by Crippen LogP contribution is 2.60. The van der Waals surface area contributed by atoms with Crippen molar-refractivity contribution in [2.75, 3.05) is 4.90 Å². The third kappa shape index (κ3) is 5.32. The van der Waals surface area contributed by atoms with Crippen LogP contribution in [0.3, 0.4) is 0 Å². The van der Waals surface area contributed by atoms with Gasteiger partial charge in [-0.1, -0.05) is 158 Å². The van der Waals surface area contributed by atoms with Crippen molar-refractivity contribution in [3.63, 3.8) is 0 Å². The average Bonchev–Trinajstić information content (AvgIpc) is 3.88. The zero-order chi connectivity index (χ0) is 46.1. The van der Waals surface area contributed by atoms with Crippen LogP contribution in [0.5, 0.6) is 0 Å². The van der Waals surface area contributed by atoms with Crippen LogP contribution in [0.25, 0.3) is 66.4 Å². The molecule has 1 heteroatoms. The van der Waals surface area contributed by atoms with Crippen molar-refractivity contribution < 1.29 is 0 Å². The zero-order valence-corrected chi connectivity index (χ0v) is 40.5. The van der Waals surface area contributed by atoms with Crippen molar-refractivity contribution in [2.24, 2.45) is 0 Å². The Hall–Kier alpha value is -6.96. The van der Waals surface area contributed by atoms with E-state index in [4.69, 9.17) is 0 Å². The van der Waals surface area contributed by atoms with Crippen LogP contribution in [0.15, 0.2) is 164 Å². The van der Waals surface area contributed by atoms with Gasteiger partial charge in [0.25, 0.3) is 0 Å². The molecule has 0 aromatic heterocycles. The van der Waals surface area contributed by atoms with Gasteiger partial charge in [0.2, 0.25) is 0 Å². The van der Waals surface area contributed by atoms with Gasteiger partial charge in [-0.15, -0.1) is 0 Å². The summed E-state index contributed by atoms with van der Waals surface area (Å²) in [6, 6.07) is 63.3. The van der Waals surface area contributed by atoms with E-state index in [0.29, 0.717) is 0 Å². The SMILES string of the molecule is Cc1ccc(N(c2ccc3c(c2)C(C)(C)c2cc4c(cc2-3)C(C)(C)c2ccccc2-4)c2ccc3c(c2)C(C)(C)c2cc4c(cc2-3)C(C)(C)c2cc(-c3ccccc3C)c3ccccc3c2-4)cc1. The minimum Gasteiger partial charge on any atom is -0.310 e. The van der Waals surface area contributed by atoms with Crippen molar-refractivity contribution in [1.29, 1.82) is 0 Å². The second kappa shape index (κ2) is 13.4. The van der Waals surface area contributed by atoms with Crippen molar-refractivity contribution in [3.05, 3.63) is 219 Å². The van der Waals surface area contributed by atoms with Gasteiger partial charge in [0.1, 0.15) is 0 Å². The fourth-order valence-corrected chi connectivity index (χ4v) is 13.2. The third-order valence-corrected chi connectivity index (χ3v) is 17.1. The van der Waals surface area contributed by atoms with Crippen LogP contribution < -0.4 is 4.90 Å². The van der Waals surface area contributed by atoms with Crippen LogP contribution in [0.4, 0.5) is 17.1 Å². The molecule has 0 saturated carbocycles. The van der Waals surface area contributed by atoms with E-state index in [1.54, 1.807) is 0 Å². The highest BCUT2D eigenvalue weighted by atomic mass is 15.1. The molecule has 0 bridgehead atoms. The molecule has 0 radical (unpaired) electrons. The molecule has 0 atom stereocenters. The van der Waals surface area contributed by atoms with E-state index in [2.05, 4.69) is 238 Å². The maximum absolute atomic E-state index is 2.57. The Morgan fingerprint density at radius 2 is 0.687 bits per heavy atom. The molecule has 9 aromatic rings. The standard InChI is InChI=1S/C66H57N/c1-38-23-25-40(26-24-38)67(41-27-29-46-51-35-57-50(34-58(51)64(5,6)55(46)31-41)45-20-15-16-22-54(45)63(57,3)4)42-28-30-47-52-36-60-53(37-59(52)65(7,8)56(47)32-42)62-48-21-14-13-19-44(48)49(33-61(62)66(60,9)10)43-18-12-11-17-39(43)2/h11-37H,1-10H3. The van der Waals surface area contributed by atoms with Crippen LogP contribution in [0.2, 0.25) is 0 Å². The smallest absolute Gasteiger partial charge is 0.0465 e. The molecular formula is C66H57N. The van der Waals surface area contributed by atoms with Crippen molar-refractivity contribution in [1.82, 2.24) is 0 Å². The Kier molecular flexibility index (Phi) is 8.04. The van der Waals surface area contributed by atoms with E-state index in [0.717, 1.165) is 0 Å². The Morgan fingerprint density at radius 1 is 0.284 bits per heavy atom. The van der Waals surface area contributed by atoms with Gasteiger partial charge in [-0.3, -0.25) is 0 Å². The summed E-state index contributed by atoms with van der Waals surface area (Å²) >= 11 is 0. The molecule has 4 aliphatic rings. The molecule has 0 amide bonds. The molecule has 0 heterocycles. The largest absolute Gasteiger partial charge is 0.310 e. The highest BCUT2D eigenvalue weighted by molar-refractivity contribution is 6.10. The van der Waals surface area contributed by atoms with Gasteiger partial charge in [-0.05, 0) is 197 Å². The number of nitrogens with zero attached hydrogens (tertiary/aromatic N) is 1. The summed E-state index contributed by atoms with van der Waals surface area (Å²) in [6.45, 7) is 23.8. The molecule has 0 saturated heterocycles. The van der Waals surface area contributed by atoms with Gasteiger partial charge < -0.3 is 4.90 Å². The summed E-state index contributed by atoms with van der Waals surface area (Å²) in [4.78, 5) is 2.50. The normalized spacial score (nSPS) is 16.4. The van der Waals surface area contributed by atoms with Crippen molar-refractivity contribution in [3.8, 4) is 55.6 Å². The second-order valence-electron chi connectivity index (χ2n) is 22.3. The topological polar surface area (TPSA) is 3.24 Å². The Labute approximate surface area is 396 Å².